The number of aromatic nitrogens is 1. The summed E-state index contributed by atoms with van der Waals surface area (Å²) in [5, 5.41) is 5.78. The summed E-state index contributed by atoms with van der Waals surface area (Å²) in [6, 6.07) is -0.470. The van der Waals surface area contributed by atoms with E-state index in [1.807, 2.05) is 26.2 Å². The fourth-order valence-corrected chi connectivity index (χ4v) is 2.20. The van der Waals surface area contributed by atoms with Crippen LogP contribution in [0.25, 0.3) is 0 Å². The van der Waals surface area contributed by atoms with E-state index in [2.05, 4.69) is 10.3 Å². The molecule has 1 aromatic rings. The van der Waals surface area contributed by atoms with E-state index < -0.39 is 6.04 Å². The smallest absolute Gasteiger partial charge is 0.237 e. The molecule has 1 unspecified atom stereocenters. The number of nitrogens with two attached hydrogens (primary N) is 1. The maximum absolute atomic E-state index is 11.7. The highest BCUT2D eigenvalue weighted by Gasteiger charge is 2.17. The molecular formula is C11H19N3OS. The van der Waals surface area contributed by atoms with Gasteiger partial charge in [0.05, 0.1) is 12.1 Å². The van der Waals surface area contributed by atoms with E-state index in [0.717, 1.165) is 23.5 Å². The van der Waals surface area contributed by atoms with Crippen LogP contribution < -0.4 is 11.1 Å². The van der Waals surface area contributed by atoms with Crippen LogP contribution in [0.1, 0.15) is 43.4 Å². The normalized spacial score (nSPS) is 14.5. The minimum absolute atomic E-state index is 0.0610. The molecule has 0 aliphatic rings. The highest BCUT2D eigenvalue weighted by molar-refractivity contribution is 7.09. The van der Waals surface area contributed by atoms with Crippen LogP contribution in [0.4, 0.5) is 0 Å². The lowest BCUT2D eigenvalue weighted by Gasteiger charge is -2.15. The summed E-state index contributed by atoms with van der Waals surface area (Å²) in [6.07, 6.45) is 1.63. The third kappa shape index (κ3) is 3.57. The van der Waals surface area contributed by atoms with Crippen molar-refractivity contribution >= 4 is 17.2 Å². The van der Waals surface area contributed by atoms with Gasteiger partial charge < -0.3 is 11.1 Å². The summed E-state index contributed by atoms with van der Waals surface area (Å²) in [5.74, 6) is -0.0952. The second-order valence-corrected chi connectivity index (χ2v) is 4.84. The monoisotopic (exact) mass is 241 g/mol. The quantitative estimate of drug-likeness (QED) is 0.825. The average molecular weight is 241 g/mol. The van der Waals surface area contributed by atoms with Crippen LogP contribution >= 0.6 is 11.3 Å². The highest BCUT2D eigenvalue weighted by Crippen LogP contribution is 2.17. The molecule has 16 heavy (non-hydrogen) atoms. The van der Waals surface area contributed by atoms with Gasteiger partial charge in [0.25, 0.3) is 0 Å². The summed E-state index contributed by atoms with van der Waals surface area (Å²) in [6.45, 7) is 5.88. The number of rotatable bonds is 5. The summed E-state index contributed by atoms with van der Waals surface area (Å²) in [4.78, 5) is 16.0. The molecule has 1 rings (SSSR count). The molecule has 0 aliphatic carbocycles. The molecule has 0 bridgehead atoms. The molecule has 1 amide bonds. The van der Waals surface area contributed by atoms with Crippen molar-refractivity contribution in [3.63, 3.8) is 0 Å². The van der Waals surface area contributed by atoms with Gasteiger partial charge in [-0.3, -0.25) is 4.79 Å². The number of thiazole rings is 1. The predicted molar refractivity (Wildman–Crippen MR) is 66.3 cm³/mol. The molecule has 3 N–H and O–H groups in total. The van der Waals surface area contributed by atoms with E-state index in [1.165, 1.54) is 0 Å². The largest absolute Gasteiger partial charge is 0.346 e. The molecule has 90 valence electrons. The molecule has 1 aromatic heterocycles. The van der Waals surface area contributed by atoms with Crippen molar-refractivity contribution in [3.8, 4) is 0 Å². The van der Waals surface area contributed by atoms with Crippen LogP contribution in [0.5, 0.6) is 0 Å². The first-order valence-electron chi connectivity index (χ1n) is 5.52. The number of carbonyl (C=O) groups excluding carboxylic acids is 1. The van der Waals surface area contributed by atoms with Gasteiger partial charge in [-0.15, -0.1) is 11.3 Å². The average Bonchev–Trinajstić information content (AvgIpc) is 2.65. The Balaban J connectivity index is 2.51. The van der Waals surface area contributed by atoms with Gasteiger partial charge in [-0.1, -0.05) is 13.3 Å². The molecule has 2 atom stereocenters. The van der Waals surface area contributed by atoms with Crippen molar-refractivity contribution in [2.45, 2.75) is 45.7 Å². The lowest BCUT2D eigenvalue weighted by atomic mass is 10.1. The topological polar surface area (TPSA) is 68.0 Å². The lowest BCUT2D eigenvalue weighted by molar-refractivity contribution is -0.123. The van der Waals surface area contributed by atoms with Gasteiger partial charge in [-0.05, 0) is 20.3 Å². The zero-order chi connectivity index (χ0) is 12.1. The van der Waals surface area contributed by atoms with Crippen molar-refractivity contribution in [1.29, 1.82) is 0 Å². The molecule has 0 aromatic carbocycles. The zero-order valence-electron chi connectivity index (χ0n) is 9.99. The van der Waals surface area contributed by atoms with E-state index in [-0.39, 0.29) is 11.9 Å². The number of nitrogens with zero attached hydrogens (tertiary/aromatic N) is 1. The Hall–Kier alpha value is -0.940. The minimum atomic E-state index is -0.409. The summed E-state index contributed by atoms with van der Waals surface area (Å²) in [7, 11) is 0. The van der Waals surface area contributed by atoms with Gasteiger partial charge in [0.1, 0.15) is 5.01 Å². The van der Waals surface area contributed by atoms with Gasteiger partial charge in [0, 0.05) is 11.1 Å². The first kappa shape index (κ1) is 13.1. The minimum Gasteiger partial charge on any atom is -0.346 e. The zero-order valence-corrected chi connectivity index (χ0v) is 10.8. The number of nitrogens with one attached hydrogen (secondary N) is 1. The SMILES string of the molecule is CCC[C@@H](N)C(=O)NC(C)c1nc(C)cs1. The molecule has 1 heterocycles. The number of carbonyl (C=O) groups is 1. The lowest BCUT2D eigenvalue weighted by Crippen LogP contribution is -2.41. The Bertz CT molecular complexity index is 351. The molecule has 0 saturated heterocycles. The first-order valence-corrected chi connectivity index (χ1v) is 6.40. The van der Waals surface area contributed by atoms with E-state index in [4.69, 9.17) is 5.73 Å². The van der Waals surface area contributed by atoms with E-state index in [9.17, 15) is 4.79 Å². The van der Waals surface area contributed by atoms with Crippen LogP contribution in [0.2, 0.25) is 0 Å². The van der Waals surface area contributed by atoms with Gasteiger partial charge >= 0.3 is 0 Å². The van der Waals surface area contributed by atoms with E-state index >= 15 is 0 Å². The number of amides is 1. The van der Waals surface area contributed by atoms with E-state index in [0.29, 0.717) is 0 Å². The van der Waals surface area contributed by atoms with Crippen molar-refractivity contribution in [3.05, 3.63) is 16.1 Å². The second kappa shape index (κ2) is 5.96. The second-order valence-electron chi connectivity index (χ2n) is 3.95. The third-order valence-corrected chi connectivity index (χ3v) is 3.45. The van der Waals surface area contributed by atoms with Crippen molar-refractivity contribution < 1.29 is 4.79 Å². The maximum Gasteiger partial charge on any atom is 0.237 e. The fourth-order valence-electron chi connectivity index (χ4n) is 1.40. The number of hydrogen-bond donors (Lipinski definition) is 2. The number of aryl methyl sites for hydroxylation is 1. The Morgan fingerprint density at radius 3 is 2.88 bits per heavy atom. The summed E-state index contributed by atoms with van der Waals surface area (Å²) in [5.41, 5.74) is 6.72. The van der Waals surface area contributed by atoms with Crippen molar-refractivity contribution in [1.82, 2.24) is 10.3 Å². The Labute approximate surface area is 100 Å². The molecule has 4 nitrogen and oxygen atoms in total. The third-order valence-electron chi connectivity index (χ3n) is 2.30. The van der Waals surface area contributed by atoms with Gasteiger partial charge in [-0.25, -0.2) is 4.98 Å². The van der Waals surface area contributed by atoms with Crippen LogP contribution in [0, 0.1) is 6.92 Å². The summed E-state index contributed by atoms with van der Waals surface area (Å²) < 4.78 is 0. The Morgan fingerprint density at radius 1 is 1.69 bits per heavy atom. The van der Waals surface area contributed by atoms with Crippen LogP contribution in [-0.2, 0) is 4.79 Å². The molecule has 0 aliphatic heterocycles. The first-order chi connectivity index (χ1) is 7.54. The summed E-state index contributed by atoms with van der Waals surface area (Å²) >= 11 is 1.56. The molecular weight excluding hydrogens is 222 g/mol. The maximum atomic E-state index is 11.7. The van der Waals surface area contributed by atoms with Crippen molar-refractivity contribution in [2.75, 3.05) is 0 Å². The molecule has 0 radical (unpaired) electrons. The molecule has 0 fully saturated rings. The van der Waals surface area contributed by atoms with Crippen LogP contribution in [0.15, 0.2) is 5.38 Å². The molecule has 0 spiro atoms. The predicted octanol–water partition coefficient (Wildman–Crippen LogP) is 1.76. The standard InChI is InChI=1S/C11H19N3OS/c1-4-5-9(12)10(15)14-8(3)11-13-7(2)6-16-11/h6,8-9H,4-5,12H2,1-3H3,(H,14,15)/t8?,9-/m1/s1. The van der Waals surface area contributed by atoms with Gasteiger partial charge in [0.2, 0.25) is 5.91 Å². The molecule has 0 saturated carbocycles. The Kier molecular flexibility index (Phi) is 4.89. The fraction of sp³-hybridized carbons (Fsp3) is 0.636. The van der Waals surface area contributed by atoms with Gasteiger partial charge in [-0.2, -0.15) is 0 Å². The Morgan fingerprint density at radius 2 is 2.38 bits per heavy atom. The highest BCUT2D eigenvalue weighted by atomic mass is 32.1. The number of hydrogen-bond acceptors (Lipinski definition) is 4. The van der Waals surface area contributed by atoms with Crippen molar-refractivity contribution in [2.24, 2.45) is 5.73 Å². The molecule has 5 heteroatoms. The van der Waals surface area contributed by atoms with Gasteiger partial charge in [0.15, 0.2) is 0 Å². The van der Waals surface area contributed by atoms with Crippen LogP contribution in [-0.4, -0.2) is 16.9 Å². The van der Waals surface area contributed by atoms with Crippen LogP contribution in [0.3, 0.4) is 0 Å². The van der Waals surface area contributed by atoms with E-state index in [1.54, 1.807) is 11.3 Å².